The Balaban J connectivity index is 1.64. The molecule has 7 aliphatic heterocycles. The highest BCUT2D eigenvalue weighted by Gasteiger charge is 2.75. The molecule has 0 aromatic heterocycles. The highest BCUT2D eigenvalue weighted by Crippen LogP contribution is 2.66. The van der Waals surface area contributed by atoms with Gasteiger partial charge in [0.05, 0.1) is 25.6 Å². The Morgan fingerprint density at radius 3 is 3.00 bits per heavy atom. The number of nitrogens with zero attached hydrogens (tertiary/aromatic N) is 2. The van der Waals surface area contributed by atoms with Gasteiger partial charge in [-0.25, -0.2) is 0 Å². The lowest BCUT2D eigenvalue weighted by Crippen LogP contribution is -2.69. The minimum atomic E-state index is -0.714. The van der Waals surface area contributed by atoms with Gasteiger partial charge in [0.1, 0.15) is 23.0 Å². The standard InChI is InChI=1S/C22H26N2O4/c1-4-12-9-13-11-21(20(25)27-3)17(12)24-8-7-22(28-18(13)24)15-10-14(26-2)5-6-16(15)23-19(21)22/h5-6,10,12-13,17-18H,4,7-9,11H2,1-3H3/t12-,13+,17-,18-,21-,22+/m0/s1. The zero-order valence-electron chi connectivity index (χ0n) is 16.6. The van der Waals surface area contributed by atoms with Gasteiger partial charge < -0.3 is 14.2 Å². The summed E-state index contributed by atoms with van der Waals surface area (Å²) in [5.41, 5.74) is 1.50. The van der Waals surface area contributed by atoms with E-state index in [0.29, 0.717) is 11.8 Å². The number of esters is 1. The Morgan fingerprint density at radius 2 is 2.25 bits per heavy atom. The van der Waals surface area contributed by atoms with Gasteiger partial charge in [-0.3, -0.25) is 14.7 Å². The molecule has 9 rings (SSSR count). The first-order valence-corrected chi connectivity index (χ1v) is 10.4. The zero-order valence-corrected chi connectivity index (χ0v) is 16.6. The quantitative estimate of drug-likeness (QED) is 0.752. The minimum Gasteiger partial charge on any atom is -0.497 e. The summed E-state index contributed by atoms with van der Waals surface area (Å²) >= 11 is 0. The van der Waals surface area contributed by atoms with E-state index in [1.807, 2.05) is 12.1 Å². The van der Waals surface area contributed by atoms with E-state index >= 15 is 0 Å². The number of methoxy groups -OCH3 is 2. The molecule has 6 bridgehead atoms. The fourth-order valence-corrected chi connectivity index (χ4v) is 7.06. The monoisotopic (exact) mass is 382 g/mol. The fourth-order valence-electron chi connectivity index (χ4n) is 7.06. The smallest absolute Gasteiger partial charge is 0.319 e. The second-order valence-electron chi connectivity index (χ2n) is 8.94. The van der Waals surface area contributed by atoms with Gasteiger partial charge in [-0.05, 0) is 43.4 Å². The molecule has 6 heteroatoms. The molecule has 7 heterocycles. The molecule has 1 aromatic rings. The van der Waals surface area contributed by atoms with Crippen LogP contribution in [-0.2, 0) is 19.9 Å². The van der Waals surface area contributed by atoms with Crippen molar-refractivity contribution in [2.45, 2.75) is 50.5 Å². The Morgan fingerprint density at radius 1 is 1.39 bits per heavy atom. The van der Waals surface area contributed by atoms with E-state index in [1.165, 1.54) is 7.11 Å². The number of carbonyl (C=O) groups excluding carboxylic acids is 1. The molecular formula is C22H26N2O4. The molecule has 1 aromatic carbocycles. The van der Waals surface area contributed by atoms with Crippen molar-refractivity contribution in [1.82, 2.24) is 4.90 Å². The van der Waals surface area contributed by atoms with Gasteiger partial charge in [0.15, 0.2) is 0 Å². The normalized spacial score (nSPS) is 44.0. The lowest BCUT2D eigenvalue weighted by atomic mass is 9.55. The van der Waals surface area contributed by atoms with Crippen LogP contribution in [0.1, 0.15) is 38.2 Å². The van der Waals surface area contributed by atoms with Crippen LogP contribution >= 0.6 is 0 Å². The van der Waals surface area contributed by atoms with Gasteiger partial charge in [-0.15, -0.1) is 0 Å². The molecule has 1 unspecified atom stereocenters. The maximum atomic E-state index is 13.5. The minimum absolute atomic E-state index is 0.0594. The number of carbonyl (C=O) groups is 1. The molecule has 7 fully saturated rings. The van der Waals surface area contributed by atoms with E-state index in [4.69, 9.17) is 19.2 Å². The number of hydrogen-bond donors (Lipinski definition) is 0. The summed E-state index contributed by atoms with van der Waals surface area (Å²) in [6.45, 7) is 3.16. The van der Waals surface area contributed by atoms with Crippen LogP contribution in [0.15, 0.2) is 23.2 Å². The second-order valence-corrected chi connectivity index (χ2v) is 8.94. The van der Waals surface area contributed by atoms with Crippen molar-refractivity contribution >= 4 is 17.4 Å². The van der Waals surface area contributed by atoms with Crippen LogP contribution < -0.4 is 4.74 Å². The van der Waals surface area contributed by atoms with E-state index in [-0.39, 0.29) is 18.2 Å². The van der Waals surface area contributed by atoms with Crippen LogP contribution in [-0.4, -0.2) is 49.6 Å². The third-order valence-electron chi connectivity index (χ3n) is 8.02. The van der Waals surface area contributed by atoms with Crippen LogP contribution in [0.5, 0.6) is 5.75 Å². The van der Waals surface area contributed by atoms with Crippen molar-refractivity contribution in [1.29, 1.82) is 0 Å². The lowest BCUT2D eigenvalue weighted by molar-refractivity contribution is -0.247. The highest BCUT2D eigenvalue weighted by molar-refractivity contribution is 6.16. The first kappa shape index (κ1) is 17.0. The SMILES string of the molecule is CC[C@H]1C[C@@H]2C[C@@]3(C(=O)OC)C4=Nc5ccc(OC)cc5[C@]45CCN([C@@H]13)[C@H]2O5. The first-order valence-electron chi connectivity index (χ1n) is 10.4. The van der Waals surface area contributed by atoms with E-state index < -0.39 is 11.0 Å². The van der Waals surface area contributed by atoms with Gasteiger partial charge >= 0.3 is 5.97 Å². The van der Waals surface area contributed by atoms with Crippen LogP contribution in [0.4, 0.5) is 5.69 Å². The summed E-state index contributed by atoms with van der Waals surface area (Å²) in [5, 5.41) is 0. The van der Waals surface area contributed by atoms with Crippen molar-refractivity contribution in [3.05, 3.63) is 23.8 Å². The molecule has 1 saturated carbocycles. The molecule has 1 spiro atoms. The molecule has 0 amide bonds. The highest BCUT2D eigenvalue weighted by atomic mass is 16.5. The number of hydrogen-bond acceptors (Lipinski definition) is 6. The van der Waals surface area contributed by atoms with Crippen LogP contribution in [0, 0.1) is 17.3 Å². The summed E-state index contributed by atoms with van der Waals surface area (Å²) in [4.78, 5) is 21.0. The Kier molecular flexibility index (Phi) is 3.25. The summed E-state index contributed by atoms with van der Waals surface area (Å²) in [5.74, 6) is 1.47. The van der Waals surface area contributed by atoms with E-state index in [2.05, 4.69) is 17.9 Å². The number of aliphatic imine (C=N–C) groups is 1. The van der Waals surface area contributed by atoms with Crippen molar-refractivity contribution in [2.24, 2.45) is 22.2 Å². The molecule has 6 nitrogen and oxygen atoms in total. The number of piperidine rings is 2. The second kappa shape index (κ2) is 5.36. The average molecular weight is 382 g/mol. The van der Waals surface area contributed by atoms with Crippen molar-refractivity contribution < 1.29 is 19.0 Å². The van der Waals surface area contributed by atoms with Crippen LogP contribution in [0.25, 0.3) is 0 Å². The summed E-state index contributed by atoms with van der Waals surface area (Å²) < 4.78 is 17.9. The largest absolute Gasteiger partial charge is 0.497 e. The average Bonchev–Trinajstić information content (AvgIpc) is 2.90. The van der Waals surface area contributed by atoms with E-state index in [1.54, 1.807) is 7.11 Å². The molecule has 148 valence electrons. The van der Waals surface area contributed by atoms with E-state index in [0.717, 1.165) is 54.9 Å². The summed E-state index contributed by atoms with van der Waals surface area (Å²) in [6.07, 6.45) is 3.85. The topological polar surface area (TPSA) is 60.4 Å². The van der Waals surface area contributed by atoms with Gasteiger partial charge in [0.2, 0.25) is 0 Å². The summed E-state index contributed by atoms with van der Waals surface area (Å²) in [7, 11) is 3.19. The molecular weight excluding hydrogens is 356 g/mol. The predicted molar refractivity (Wildman–Crippen MR) is 103 cm³/mol. The Hall–Kier alpha value is -1.92. The predicted octanol–water partition coefficient (Wildman–Crippen LogP) is 3.02. The Labute approximate surface area is 164 Å². The molecule has 7 atom stereocenters. The molecule has 0 radical (unpaired) electrons. The van der Waals surface area contributed by atoms with E-state index in [9.17, 15) is 4.79 Å². The summed E-state index contributed by atoms with van der Waals surface area (Å²) in [6, 6.07) is 6.09. The molecule has 6 saturated heterocycles. The number of benzene rings is 1. The van der Waals surface area contributed by atoms with Crippen molar-refractivity contribution in [3.63, 3.8) is 0 Å². The van der Waals surface area contributed by atoms with Gasteiger partial charge in [0, 0.05) is 24.1 Å². The lowest BCUT2D eigenvalue weighted by Gasteiger charge is -2.59. The third kappa shape index (κ3) is 1.69. The maximum Gasteiger partial charge on any atom is 0.319 e. The molecule has 28 heavy (non-hydrogen) atoms. The van der Waals surface area contributed by atoms with Gasteiger partial charge in [-0.2, -0.15) is 0 Å². The third-order valence-corrected chi connectivity index (χ3v) is 8.02. The van der Waals surface area contributed by atoms with Crippen molar-refractivity contribution in [3.8, 4) is 5.75 Å². The first-order chi connectivity index (χ1) is 13.6. The maximum absolute atomic E-state index is 13.5. The number of fused-ring (bicyclic) bond motifs is 3. The van der Waals surface area contributed by atoms with Crippen molar-refractivity contribution in [2.75, 3.05) is 20.8 Å². The number of ether oxygens (including phenoxy) is 3. The van der Waals surface area contributed by atoms with Crippen LogP contribution in [0.3, 0.4) is 0 Å². The van der Waals surface area contributed by atoms with Gasteiger partial charge in [0.25, 0.3) is 0 Å². The fraction of sp³-hybridized carbons (Fsp3) is 0.636. The van der Waals surface area contributed by atoms with Gasteiger partial charge in [-0.1, -0.05) is 13.3 Å². The Bertz CT molecular complexity index is 914. The molecule has 8 aliphatic rings. The number of rotatable bonds is 3. The zero-order chi connectivity index (χ0) is 19.3. The molecule has 1 aliphatic carbocycles. The molecule has 0 N–H and O–H groups in total. The van der Waals surface area contributed by atoms with Crippen LogP contribution in [0.2, 0.25) is 0 Å².